The number of hydrogen-bond donors (Lipinski definition) is 1. The van der Waals surface area contributed by atoms with Gasteiger partial charge in [0.15, 0.2) is 11.5 Å². The number of ether oxygens (including phenoxy) is 2. The van der Waals surface area contributed by atoms with Gasteiger partial charge in [-0.15, -0.1) is 0 Å². The zero-order valence-electron chi connectivity index (χ0n) is 20.5. The molecular formula is C29H32N4O3. The van der Waals surface area contributed by atoms with Crippen LogP contribution >= 0.6 is 0 Å². The van der Waals surface area contributed by atoms with Crippen LogP contribution in [-0.2, 0) is 12.0 Å². The minimum absolute atomic E-state index is 0.142. The Balaban J connectivity index is 1.36. The third-order valence-electron chi connectivity index (χ3n) is 7.79. The standard InChI is InChI=1S/C29H32N4O3/c34-27(30-18-21-11-12-24-25(17-21)36-20-35-24)23-19-31-28(33-15-7-8-16-33)32-26(23)29(13-5-2-6-14-29)22-9-3-1-4-10-22/h1,3-4,9-12,17,19H,2,5-8,13-16,18,20H2,(H,30,34). The second kappa shape index (κ2) is 9.80. The van der Waals surface area contributed by atoms with Crippen molar-refractivity contribution in [1.29, 1.82) is 0 Å². The Morgan fingerprint density at radius 2 is 1.72 bits per heavy atom. The Morgan fingerprint density at radius 1 is 0.944 bits per heavy atom. The van der Waals surface area contributed by atoms with Gasteiger partial charge in [0.25, 0.3) is 5.91 Å². The highest BCUT2D eigenvalue weighted by Gasteiger charge is 2.40. The van der Waals surface area contributed by atoms with Gasteiger partial charge in [0, 0.05) is 31.2 Å². The summed E-state index contributed by atoms with van der Waals surface area (Å²) in [7, 11) is 0. The number of benzene rings is 2. The predicted molar refractivity (Wildman–Crippen MR) is 138 cm³/mol. The summed E-state index contributed by atoms with van der Waals surface area (Å²) in [5.74, 6) is 2.05. The quantitative estimate of drug-likeness (QED) is 0.532. The van der Waals surface area contributed by atoms with Gasteiger partial charge >= 0.3 is 0 Å². The second-order valence-corrected chi connectivity index (χ2v) is 10.0. The van der Waals surface area contributed by atoms with Crippen molar-refractivity contribution in [3.8, 4) is 11.5 Å². The highest BCUT2D eigenvalue weighted by Crippen LogP contribution is 2.45. The fraction of sp³-hybridized carbons (Fsp3) is 0.414. The Morgan fingerprint density at radius 3 is 2.53 bits per heavy atom. The molecule has 0 unspecified atom stereocenters. The lowest BCUT2D eigenvalue weighted by molar-refractivity contribution is 0.0946. The number of nitrogens with one attached hydrogen (secondary N) is 1. The molecule has 1 aliphatic carbocycles. The number of carbonyl (C=O) groups is 1. The number of nitrogens with zero attached hydrogens (tertiary/aromatic N) is 3. The van der Waals surface area contributed by atoms with Crippen molar-refractivity contribution in [2.24, 2.45) is 0 Å². The van der Waals surface area contributed by atoms with E-state index in [2.05, 4.69) is 45.5 Å². The summed E-state index contributed by atoms with van der Waals surface area (Å²) in [5.41, 5.74) is 3.35. The zero-order valence-corrected chi connectivity index (χ0v) is 20.5. The Hall–Kier alpha value is -3.61. The summed E-state index contributed by atoms with van der Waals surface area (Å²) in [6.07, 6.45) is 9.48. The molecule has 0 bridgehead atoms. The summed E-state index contributed by atoms with van der Waals surface area (Å²) in [6, 6.07) is 16.4. The molecule has 6 rings (SSSR count). The SMILES string of the molecule is O=C(NCc1ccc2c(c1)OCO2)c1cnc(N2CCCC2)nc1C1(c2ccccc2)CCCCC1. The van der Waals surface area contributed by atoms with Crippen LogP contribution < -0.4 is 19.7 Å². The molecule has 1 aromatic heterocycles. The predicted octanol–water partition coefficient (Wildman–Crippen LogP) is 4.99. The normalized spacial score (nSPS) is 18.3. The molecule has 1 saturated carbocycles. The van der Waals surface area contributed by atoms with Crippen LogP contribution in [0.25, 0.3) is 0 Å². The molecule has 3 aromatic rings. The van der Waals surface area contributed by atoms with E-state index in [1.165, 1.54) is 12.0 Å². The molecule has 2 fully saturated rings. The van der Waals surface area contributed by atoms with Crippen LogP contribution in [0.15, 0.2) is 54.7 Å². The minimum atomic E-state index is -0.289. The molecule has 0 spiro atoms. The van der Waals surface area contributed by atoms with Crippen LogP contribution in [0.3, 0.4) is 0 Å². The van der Waals surface area contributed by atoms with Gasteiger partial charge in [-0.2, -0.15) is 0 Å². The van der Waals surface area contributed by atoms with Gasteiger partial charge in [-0.1, -0.05) is 55.7 Å². The van der Waals surface area contributed by atoms with Crippen LogP contribution in [0.2, 0.25) is 0 Å². The summed E-state index contributed by atoms with van der Waals surface area (Å²) >= 11 is 0. The lowest BCUT2D eigenvalue weighted by Gasteiger charge is -2.38. The topological polar surface area (TPSA) is 76.6 Å². The molecule has 7 heteroatoms. The van der Waals surface area contributed by atoms with Gasteiger partial charge in [0.1, 0.15) is 0 Å². The van der Waals surface area contributed by atoms with Crippen molar-refractivity contribution in [3.63, 3.8) is 0 Å². The van der Waals surface area contributed by atoms with Crippen LogP contribution in [0.5, 0.6) is 11.5 Å². The first-order valence-electron chi connectivity index (χ1n) is 13.1. The average Bonchev–Trinajstić information content (AvgIpc) is 3.65. The fourth-order valence-electron chi connectivity index (χ4n) is 5.88. The Bertz CT molecular complexity index is 1230. The number of aromatic nitrogens is 2. The molecule has 36 heavy (non-hydrogen) atoms. The maximum Gasteiger partial charge on any atom is 0.255 e. The Kier molecular flexibility index (Phi) is 6.21. The molecule has 186 valence electrons. The van der Waals surface area contributed by atoms with Crippen molar-refractivity contribution < 1.29 is 14.3 Å². The highest BCUT2D eigenvalue weighted by atomic mass is 16.7. The van der Waals surface area contributed by atoms with Gasteiger partial charge in [-0.3, -0.25) is 4.79 Å². The van der Waals surface area contributed by atoms with E-state index in [4.69, 9.17) is 14.5 Å². The Labute approximate surface area is 211 Å². The molecule has 0 atom stereocenters. The molecule has 3 heterocycles. The van der Waals surface area contributed by atoms with Crippen molar-refractivity contribution in [3.05, 3.63) is 77.1 Å². The maximum absolute atomic E-state index is 13.7. The van der Waals surface area contributed by atoms with Crippen LogP contribution in [0.1, 0.15) is 72.1 Å². The van der Waals surface area contributed by atoms with E-state index >= 15 is 0 Å². The van der Waals surface area contributed by atoms with Gasteiger partial charge in [-0.05, 0) is 48.9 Å². The monoisotopic (exact) mass is 484 g/mol. The first-order chi connectivity index (χ1) is 17.7. The molecule has 1 saturated heterocycles. The third kappa shape index (κ3) is 4.27. The van der Waals surface area contributed by atoms with Crippen molar-refractivity contribution in [2.45, 2.75) is 56.9 Å². The summed E-state index contributed by atoms with van der Waals surface area (Å²) in [6.45, 7) is 2.55. The van der Waals surface area contributed by atoms with E-state index < -0.39 is 0 Å². The van der Waals surface area contributed by atoms with E-state index in [9.17, 15) is 4.79 Å². The molecule has 1 N–H and O–H groups in total. The minimum Gasteiger partial charge on any atom is -0.454 e. The smallest absolute Gasteiger partial charge is 0.255 e. The van der Waals surface area contributed by atoms with Gasteiger partial charge in [0.05, 0.1) is 11.3 Å². The molecule has 7 nitrogen and oxygen atoms in total. The number of anilines is 1. The van der Waals surface area contributed by atoms with Gasteiger partial charge in [0.2, 0.25) is 12.7 Å². The maximum atomic E-state index is 13.7. The summed E-state index contributed by atoms with van der Waals surface area (Å²) < 4.78 is 10.9. The lowest BCUT2D eigenvalue weighted by Crippen LogP contribution is -2.36. The zero-order chi connectivity index (χ0) is 24.4. The first kappa shape index (κ1) is 22.8. The van der Waals surface area contributed by atoms with E-state index in [0.29, 0.717) is 17.9 Å². The van der Waals surface area contributed by atoms with E-state index in [1.807, 2.05) is 18.2 Å². The summed E-state index contributed by atoms with van der Waals surface area (Å²) in [4.78, 5) is 25.8. The van der Waals surface area contributed by atoms with Crippen LogP contribution in [0, 0.1) is 0 Å². The van der Waals surface area contributed by atoms with E-state index in [-0.39, 0.29) is 18.1 Å². The largest absolute Gasteiger partial charge is 0.454 e. The van der Waals surface area contributed by atoms with Crippen LogP contribution in [0.4, 0.5) is 5.95 Å². The van der Waals surface area contributed by atoms with Gasteiger partial charge in [-0.25, -0.2) is 9.97 Å². The molecule has 2 aliphatic heterocycles. The fourth-order valence-corrected chi connectivity index (χ4v) is 5.88. The lowest BCUT2D eigenvalue weighted by atomic mass is 9.66. The third-order valence-corrected chi connectivity index (χ3v) is 7.79. The number of rotatable bonds is 6. The van der Waals surface area contributed by atoms with Crippen LogP contribution in [-0.4, -0.2) is 35.8 Å². The average molecular weight is 485 g/mol. The number of carbonyl (C=O) groups excluding carboxylic acids is 1. The molecule has 0 radical (unpaired) electrons. The molecule has 2 aromatic carbocycles. The van der Waals surface area contributed by atoms with Crippen molar-refractivity contribution in [2.75, 3.05) is 24.8 Å². The number of fused-ring (bicyclic) bond motifs is 1. The first-order valence-corrected chi connectivity index (χ1v) is 13.1. The second-order valence-electron chi connectivity index (χ2n) is 10.0. The highest BCUT2D eigenvalue weighted by molar-refractivity contribution is 5.95. The number of amides is 1. The molecule has 3 aliphatic rings. The molecular weight excluding hydrogens is 452 g/mol. The molecule has 1 amide bonds. The van der Waals surface area contributed by atoms with Crippen molar-refractivity contribution >= 4 is 11.9 Å². The van der Waals surface area contributed by atoms with E-state index in [0.717, 1.165) is 74.6 Å². The number of hydrogen-bond acceptors (Lipinski definition) is 6. The van der Waals surface area contributed by atoms with E-state index in [1.54, 1.807) is 6.20 Å². The summed E-state index contributed by atoms with van der Waals surface area (Å²) in [5, 5.41) is 3.11. The van der Waals surface area contributed by atoms with Gasteiger partial charge < -0.3 is 19.7 Å². The van der Waals surface area contributed by atoms with Crippen molar-refractivity contribution in [1.82, 2.24) is 15.3 Å².